The number of ether oxygens (including phenoxy) is 1. The van der Waals surface area contributed by atoms with E-state index in [0.29, 0.717) is 16.1 Å². The fraction of sp³-hybridized carbons (Fsp3) is 0.273. The molecular weight excluding hydrogens is 271 g/mol. The van der Waals surface area contributed by atoms with Gasteiger partial charge in [0, 0.05) is 22.7 Å². The standard InChI is InChI=1S/C11H9ClF3NO2/c12-8-3-6-1-2-9(11(13,14)15)18-10(6)7(4-8)5-16-17/h1-4,9,16-17H,5H2. The Kier molecular flexibility index (Phi) is 3.52. The summed E-state index contributed by atoms with van der Waals surface area (Å²) >= 11 is 5.82. The zero-order chi connectivity index (χ0) is 13.3. The van der Waals surface area contributed by atoms with Gasteiger partial charge in [0.15, 0.2) is 0 Å². The minimum Gasteiger partial charge on any atom is -0.476 e. The molecule has 1 aliphatic rings. The number of halogens is 4. The highest BCUT2D eigenvalue weighted by Gasteiger charge is 2.41. The van der Waals surface area contributed by atoms with E-state index in [2.05, 4.69) is 0 Å². The zero-order valence-corrected chi connectivity index (χ0v) is 9.72. The van der Waals surface area contributed by atoms with Crippen molar-refractivity contribution >= 4 is 17.7 Å². The second-order valence-corrected chi connectivity index (χ2v) is 4.19. The van der Waals surface area contributed by atoms with Crippen LogP contribution in [-0.2, 0) is 6.54 Å². The molecule has 18 heavy (non-hydrogen) atoms. The Morgan fingerprint density at radius 2 is 2.11 bits per heavy atom. The molecule has 1 atom stereocenters. The van der Waals surface area contributed by atoms with Crippen molar-refractivity contribution in [2.24, 2.45) is 0 Å². The molecule has 0 saturated heterocycles. The SMILES string of the molecule is ONCc1cc(Cl)cc2c1OC(C(F)(F)F)C=C2. The molecule has 1 heterocycles. The maximum atomic E-state index is 12.6. The largest absolute Gasteiger partial charge is 0.476 e. The lowest BCUT2D eigenvalue weighted by Crippen LogP contribution is -2.34. The van der Waals surface area contributed by atoms with Gasteiger partial charge in [-0.3, -0.25) is 0 Å². The predicted octanol–water partition coefficient (Wildman–Crippen LogP) is 3.16. The molecule has 1 unspecified atom stereocenters. The second-order valence-electron chi connectivity index (χ2n) is 3.76. The Morgan fingerprint density at radius 1 is 1.39 bits per heavy atom. The van der Waals surface area contributed by atoms with Crippen molar-refractivity contribution < 1.29 is 23.1 Å². The highest BCUT2D eigenvalue weighted by atomic mass is 35.5. The molecule has 0 radical (unpaired) electrons. The molecule has 0 spiro atoms. The van der Waals surface area contributed by atoms with Crippen molar-refractivity contribution in [2.45, 2.75) is 18.8 Å². The van der Waals surface area contributed by atoms with Gasteiger partial charge in [-0.2, -0.15) is 13.2 Å². The molecule has 1 aromatic carbocycles. The van der Waals surface area contributed by atoms with E-state index in [1.54, 1.807) is 0 Å². The average molecular weight is 280 g/mol. The summed E-state index contributed by atoms with van der Waals surface area (Å²) in [5.41, 5.74) is 2.68. The van der Waals surface area contributed by atoms with Gasteiger partial charge in [0.2, 0.25) is 6.10 Å². The van der Waals surface area contributed by atoms with Gasteiger partial charge in [0.05, 0.1) is 0 Å². The van der Waals surface area contributed by atoms with Crippen LogP contribution in [0.2, 0.25) is 5.02 Å². The van der Waals surface area contributed by atoms with Gasteiger partial charge in [0.25, 0.3) is 0 Å². The number of nitrogens with one attached hydrogen (secondary N) is 1. The summed E-state index contributed by atoms with van der Waals surface area (Å²) in [7, 11) is 0. The third-order valence-electron chi connectivity index (χ3n) is 2.45. The zero-order valence-electron chi connectivity index (χ0n) is 8.96. The van der Waals surface area contributed by atoms with Crippen LogP contribution in [0.4, 0.5) is 13.2 Å². The van der Waals surface area contributed by atoms with E-state index in [9.17, 15) is 13.2 Å². The van der Waals surface area contributed by atoms with Crippen molar-refractivity contribution in [1.82, 2.24) is 5.48 Å². The summed E-state index contributed by atoms with van der Waals surface area (Å²) in [6.45, 7) is -0.0543. The molecule has 98 valence electrons. The van der Waals surface area contributed by atoms with Crippen molar-refractivity contribution in [3.05, 3.63) is 34.4 Å². The van der Waals surface area contributed by atoms with E-state index >= 15 is 0 Å². The number of fused-ring (bicyclic) bond motifs is 1. The minimum absolute atomic E-state index is 0.0543. The van der Waals surface area contributed by atoms with Crippen LogP contribution in [0.3, 0.4) is 0 Å². The van der Waals surface area contributed by atoms with Gasteiger partial charge in [-0.15, -0.1) is 0 Å². The van der Waals surface area contributed by atoms with Gasteiger partial charge >= 0.3 is 6.18 Å². The number of rotatable bonds is 2. The van der Waals surface area contributed by atoms with Crippen LogP contribution in [0.5, 0.6) is 5.75 Å². The third-order valence-corrected chi connectivity index (χ3v) is 2.67. The van der Waals surface area contributed by atoms with Crippen LogP contribution in [0.1, 0.15) is 11.1 Å². The first-order valence-corrected chi connectivity index (χ1v) is 5.40. The van der Waals surface area contributed by atoms with Crippen LogP contribution in [0.15, 0.2) is 18.2 Å². The Balaban J connectivity index is 2.41. The van der Waals surface area contributed by atoms with E-state index in [-0.39, 0.29) is 12.3 Å². The summed E-state index contributed by atoms with van der Waals surface area (Å²) in [5, 5.41) is 9.01. The van der Waals surface area contributed by atoms with Crippen LogP contribution < -0.4 is 10.2 Å². The smallest absolute Gasteiger partial charge is 0.429 e. The quantitative estimate of drug-likeness (QED) is 0.817. The normalized spacial score (nSPS) is 18.4. The van der Waals surface area contributed by atoms with Gasteiger partial charge < -0.3 is 9.94 Å². The average Bonchev–Trinajstić information content (AvgIpc) is 2.27. The summed E-state index contributed by atoms with van der Waals surface area (Å²) in [5.74, 6) is 0.0748. The third kappa shape index (κ3) is 2.60. The molecule has 3 nitrogen and oxygen atoms in total. The first-order valence-electron chi connectivity index (χ1n) is 5.03. The molecule has 1 aliphatic heterocycles. The fourth-order valence-corrected chi connectivity index (χ4v) is 1.94. The van der Waals surface area contributed by atoms with E-state index in [4.69, 9.17) is 21.5 Å². The molecule has 2 rings (SSSR count). The van der Waals surface area contributed by atoms with E-state index in [0.717, 1.165) is 6.08 Å². The molecule has 0 aliphatic carbocycles. The number of hydrogen-bond donors (Lipinski definition) is 2. The lowest BCUT2D eigenvalue weighted by Gasteiger charge is -2.25. The topological polar surface area (TPSA) is 41.5 Å². The summed E-state index contributed by atoms with van der Waals surface area (Å²) in [4.78, 5) is 0. The predicted molar refractivity (Wildman–Crippen MR) is 59.6 cm³/mol. The van der Waals surface area contributed by atoms with Crippen molar-refractivity contribution in [2.75, 3.05) is 0 Å². The van der Waals surface area contributed by atoms with Gasteiger partial charge in [-0.25, -0.2) is 5.48 Å². The number of alkyl halides is 3. The van der Waals surface area contributed by atoms with Crippen LogP contribution >= 0.6 is 11.6 Å². The highest BCUT2D eigenvalue weighted by molar-refractivity contribution is 6.30. The molecule has 0 fully saturated rings. The Morgan fingerprint density at radius 3 is 2.72 bits per heavy atom. The summed E-state index contributed by atoms with van der Waals surface area (Å²) in [6.07, 6.45) is -4.22. The fourth-order valence-electron chi connectivity index (χ4n) is 1.69. The molecule has 7 heteroatoms. The van der Waals surface area contributed by atoms with Gasteiger partial charge in [0.1, 0.15) is 5.75 Å². The number of benzene rings is 1. The van der Waals surface area contributed by atoms with E-state index in [1.807, 2.05) is 5.48 Å². The summed E-state index contributed by atoms with van der Waals surface area (Å²) in [6, 6.07) is 2.94. The lowest BCUT2D eigenvalue weighted by molar-refractivity contribution is -0.180. The molecule has 0 bridgehead atoms. The van der Waals surface area contributed by atoms with E-state index in [1.165, 1.54) is 18.2 Å². The molecular formula is C11H9ClF3NO2. The molecule has 0 saturated carbocycles. The van der Waals surface area contributed by atoms with Crippen LogP contribution in [0, 0.1) is 0 Å². The van der Waals surface area contributed by atoms with Crippen molar-refractivity contribution in [3.8, 4) is 5.75 Å². The monoisotopic (exact) mass is 279 g/mol. The molecule has 1 aromatic rings. The van der Waals surface area contributed by atoms with Gasteiger partial charge in [-0.05, 0) is 18.2 Å². The second kappa shape index (κ2) is 4.79. The Bertz CT molecular complexity index is 488. The van der Waals surface area contributed by atoms with Crippen molar-refractivity contribution in [3.63, 3.8) is 0 Å². The van der Waals surface area contributed by atoms with Crippen LogP contribution in [0.25, 0.3) is 6.08 Å². The lowest BCUT2D eigenvalue weighted by atomic mass is 10.0. The van der Waals surface area contributed by atoms with Crippen LogP contribution in [-0.4, -0.2) is 17.5 Å². The summed E-state index contributed by atoms with van der Waals surface area (Å²) < 4.78 is 42.6. The van der Waals surface area contributed by atoms with Crippen molar-refractivity contribution in [1.29, 1.82) is 0 Å². The van der Waals surface area contributed by atoms with E-state index < -0.39 is 12.3 Å². The van der Waals surface area contributed by atoms with Gasteiger partial charge in [-0.1, -0.05) is 17.7 Å². The Hall–Kier alpha value is -1.24. The Labute approximate surface area is 106 Å². The maximum Gasteiger partial charge on any atom is 0.429 e. The number of hydrogen-bond acceptors (Lipinski definition) is 3. The molecule has 0 amide bonds. The molecule has 2 N–H and O–H groups in total. The number of hydroxylamine groups is 1. The first-order chi connectivity index (χ1) is 8.41. The minimum atomic E-state index is -4.47. The first kappa shape index (κ1) is 13.2. The molecule has 0 aromatic heterocycles. The maximum absolute atomic E-state index is 12.6. The highest BCUT2D eigenvalue weighted by Crippen LogP contribution is 2.37.